The maximum atomic E-state index is 14.1. The molecule has 0 aliphatic carbocycles. The number of benzene rings is 2. The number of aliphatic hydroxyl groups excluding tert-OH is 1. The van der Waals surface area contributed by atoms with Crippen molar-refractivity contribution in [3.8, 4) is 0 Å². The molecule has 1 unspecified atom stereocenters. The number of sulfonamides is 1. The van der Waals surface area contributed by atoms with E-state index in [9.17, 15) is 23.1 Å². The molecule has 2 fully saturated rings. The van der Waals surface area contributed by atoms with E-state index in [4.69, 9.17) is 23.5 Å². The van der Waals surface area contributed by atoms with Gasteiger partial charge in [0.2, 0.25) is 10.0 Å². The molecular weight excluding hydrogens is 620 g/mol. The van der Waals surface area contributed by atoms with Crippen LogP contribution in [0.1, 0.15) is 32.8 Å². The summed E-state index contributed by atoms with van der Waals surface area (Å²) in [6.07, 6.45) is -2.77. The maximum Gasteiger partial charge on any atom is 0.412 e. The van der Waals surface area contributed by atoms with Gasteiger partial charge in [0.1, 0.15) is 6.10 Å². The van der Waals surface area contributed by atoms with E-state index in [1.54, 1.807) is 6.92 Å². The highest BCUT2D eigenvalue weighted by Crippen LogP contribution is 2.33. The van der Waals surface area contributed by atoms with Crippen LogP contribution in [0.3, 0.4) is 0 Å². The van der Waals surface area contributed by atoms with Crippen LogP contribution in [0.2, 0.25) is 0 Å². The van der Waals surface area contributed by atoms with Gasteiger partial charge in [0.25, 0.3) is 0 Å². The monoisotopic (exact) mass is 660 g/mol. The second-order valence-electron chi connectivity index (χ2n) is 11.7. The third kappa shape index (κ3) is 7.96. The maximum absolute atomic E-state index is 14.1. The van der Waals surface area contributed by atoms with Crippen LogP contribution < -0.4 is 10.6 Å². The molecule has 3 N–H and O–H groups in total. The smallest absolute Gasteiger partial charge is 0.412 e. The van der Waals surface area contributed by atoms with Crippen LogP contribution in [0.5, 0.6) is 0 Å². The van der Waals surface area contributed by atoms with E-state index in [-0.39, 0.29) is 66.2 Å². The molecule has 2 aliphatic rings. The number of hydrogen-bond donors (Lipinski definition) is 3. The van der Waals surface area contributed by atoms with Crippen molar-refractivity contribution < 1.29 is 46.6 Å². The fraction of sp³-hybridized carbons (Fsp3) is 0.516. The summed E-state index contributed by atoms with van der Waals surface area (Å²) in [5.74, 6) is -0.155. The molecule has 2 aromatic carbocycles. The number of hydrogen-bond acceptors (Lipinski definition) is 11. The van der Waals surface area contributed by atoms with Gasteiger partial charge >= 0.3 is 12.2 Å². The number of alkyl carbamates (subject to hydrolysis) is 1. The SMILES string of the molecule is CCOC(=O)Nc1noc2ccc(S(=O)(=O)N(CC(C)C)C[C@@H](O)[C@H](Cc3ccccc3)NC(=O)OC3CO[C@H]4OCC[C@@H]34)cc12. The molecule has 5 rings (SSSR count). The number of anilines is 1. The molecule has 2 amide bonds. The molecule has 250 valence electrons. The largest absolute Gasteiger partial charge is 0.450 e. The first-order valence-electron chi connectivity index (χ1n) is 15.3. The second kappa shape index (κ2) is 14.8. The van der Waals surface area contributed by atoms with Crippen molar-refractivity contribution in [1.82, 2.24) is 14.8 Å². The molecule has 2 saturated heterocycles. The molecule has 2 aliphatic heterocycles. The molecule has 0 radical (unpaired) electrons. The molecule has 46 heavy (non-hydrogen) atoms. The van der Waals surface area contributed by atoms with Crippen molar-refractivity contribution in [2.45, 2.75) is 63.0 Å². The van der Waals surface area contributed by atoms with Crippen LogP contribution in [0.4, 0.5) is 15.4 Å². The Morgan fingerprint density at radius 1 is 1.11 bits per heavy atom. The topological polar surface area (TPSA) is 179 Å². The lowest BCUT2D eigenvalue weighted by molar-refractivity contribution is -0.0907. The van der Waals surface area contributed by atoms with E-state index in [2.05, 4.69) is 15.8 Å². The third-order valence-electron chi connectivity index (χ3n) is 7.84. The van der Waals surface area contributed by atoms with Crippen molar-refractivity contribution in [3.63, 3.8) is 0 Å². The lowest BCUT2D eigenvalue weighted by Crippen LogP contribution is -2.51. The highest BCUT2D eigenvalue weighted by Gasteiger charge is 2.44. The third-order valence-corrected chi connectivity index (χ3v) is 9.67. The number of carbonyl (C=O) groups excluding carboxylic acids is 2. The van der Waals surface area contributed by atoms with E-state index in [1.165, 1.54) is 22.5 Å². The number of ether oxygens (including phenoxy) is 4. The average molecular weight is 661 g/mol. The van der Waals surface area contributed by atoms with Gasteiger partial charge in [-0.15, -0.1) is 0 Å². The van der Waals surface area contributed by atoms with Crippen molar-refractivity contribution in [3.05, 3.63) is 54.1 Å². The van der Waals surface area contributed by atoms with Crippen LogP contribution in [0, 0.1) is 11.8 Å². The van der Waals surface area contributed by atoms with Gasteiger partial charge in [0.05, 0.1) is 48.2 Å². The lowest BCUT2D eigenvalue weighted by atomic mass is 10.0. The Morgan fingerprint density at radius 2 is 1.89 bits per heavy atom. The summed E-state index contributed by atoms with van der Waals surface area (Å²) in [4.78, 5) is 25.0. The van der Waals surface area contributed by atoms with Gasteiger partial charge in [-0.25, -0.2) is 18.0 Å². The van der Waals surface area contributed by atoms with E-state index >= 15 is 0 Å². The second-order valence-corrected chi connectivity index (χ2v) is 13.7. The van der Waals surface area contributed by atoms with Gasteiger partial charge in [-0.05, 0) is 49.4 Å². The van der Waals surface area contributed by atoms with Crippen LogP contribution in [-0.2, 0) is 35.4 Å². The number of aromatic nitrogens is 1. The first kappa shape index (κ1) is 33.6. The zero-order chi connectivity index (χ0) is 32.8. The number of carbonyl (C=O) groups is 2. The summed E-state index contributed by atoms with van der Waals surface area (Å²) in [5, 5.41) is 20.9. The van der Waals surface area contributed by atoms with Crippen molar-refractivity contribution >= 4 is 39.0 Å². The normalized spacial score (nSPS) is 20.9. The Balaban J connectivity index is 1.36. The Kier molecular flexibility index (Phi) is 10.8. The molecule has 0 spiro atoms. The van der Waals surface area contributed by atoms with E-state index in [1.807, 2.05) is 44.2 Å². The zero-order valence-electron chi connectivity index (χ0n) is 26.0. The van der Waals surface area contributed by atoms with Crippen LogP contribution in [-0.4, -0.2) is 92.6 Å². The van der Waals surface area contributed by atoms with Crippen LogP contribution in [0.15, 0.2) is 57.9 Å². The van der Waals surface area contributed by atoms with Crippen LogP contribution >= 0.6 is 0 Å². The van der Waals surface area contributed by atoms with E-state index in [0.29, 0.717) is 13.0 Å². The highest BCUT2D eigenvalue weighted by molar-refractivity contribution is 7.89. The van der Waals surface area contributed by atoms with Crippen molar-refractivity contribution in [1.29, 1.82) is 0 Å². The fourth-order valence-corrected chi connectivity index (χ4v) is 7.27. The highest BCUT2D eigenvalue weighted by atomic mass is 32.2. The van der Waals surface area contributed by atoms with Gasteiger partial charge < -0.3 is 33.9 Å². The predicted octanol–water partition coefficient (Wildman–Crippen LogP) is 3.50. The number of aliphatic hydroxyl groups is 1. The molecule has 3 aromatic rings. The summed E-state index contributed by atoms with van der Waals surface area (Å²) >= 11 is 0. The van der Waals surface area contributed by atoms with Crippen molar-refractivity contribution in [2.24, 2.45) is 11.8 Å². The summed E-state index contributed by atoms with van der Waals surface area (Å²) < 4.78 is 56.2. The quantitative estimate of drug-likeness (QED) is 0.244. The van der Waals surface area contributed by atoms with Gasteiger partial charge in [-0.2, -0.15) is 4.31 Å². The number of fused-ring (bicyclic) bond motifs is 2. The average Bonchev–Trinajstić information content (AvgIpc) is 3.74. The van der Waals surface area contributed by atoms with Crippen LogP contribution in [0.25, 0.3) is 11.0 Å². The standard InChI is InChI=1S/C31H40N4O10S/c1-4-41-30(37)33-28-23-15-21(10-11-26(23)45-34-28)46(39,40)35(16-19(2)3)17-25(36)24(14-20-8-6-5-7-9-20)32-31(38)44-27-18-43-29-22(27)12-13-42-29/h5-11,15,19,22,24-25,27,29,36H,4,12-14,16-18H2,1-3H3,(H,32,38)(H,33,34,37)/t22-,24-,25+,27?,29+/m0/s1. The van der Waals surface area contributed by atoms with Gasteiger partial charge in [0.15, 0.2) is 17.7 Å². The van der Waals surface area contributed by atoms with E-state index < -0.39 is 46.7 Å². The lowest BCUT2D eigenvalue weighted by Gasteiger charge is -2.31. The minimum absolute atomic E-state index is 0.00901. The fourth-order valence-electron chi connectivity index (χ4n) is 5.62. The number of rotatable bonds is 13. The Morgan fingerprint density at radius 3 is 2.63 bits per heavy atom. The number of nitrogens with one attached hydrogen (secondary N) is 2. The predicted molar refractivity (Wildman–Crippen MR) is 165 cm³/mol. The van der Waals surface area contributed by atoms with Gasteiger partial charge in [0, 0.05) is 13.1 Å². The van der Waals surface area contributed by atoms with Gasteiger partial charge in [-0.3, -0.25) is 5.32 Å². The molecule has 15 heteroatoms. The molecule has 14 nitrogen and oxygen atoms in total. The van der Waals surface area contributed by atoms with E-state index in [0.717, 1.165) is 5.56 Å². The summed E-state index contributed by atoms with van der Waals surface area (Å²) in [6, 6.07) is 12.5. The molecule has 3 heterocycles. The molecule has 0 saturated carbocycles. The Hall–Kier alpha value is -3.76. The first-order chi connectivity index (χ1) is 22.0. The molecule has 1 aromatic heterocycles. The molecule has 5 atom stereocenters. The van der Waals surface area contributed by atoms with Gasteiger partial charge in [-0.1, -0.05) is 49.3 Å². The summed E-state index contributed by atoms with van der Waals surface area (Å²) in [7, 11) is -4.19. The number of amides is 2. The first-order valence-corrected chi connectivity index (χ1v) is 16.7. The minimum Gasteiger partial charge on any atom is -0.450 e. The summed E-state index contributed by atoms with van der Waals surface area (Å²) in [5.41, 5.74) is 1.09. The Bertz CT molecular complexity index is 1600. The Labute approximate surface area is 267 Å². The van der Waals surface area contributed by atoms with Crippen molar-refractivity contribution in [2.75, 3.05) is 38.2 Å². The molecule has 0 bridgehead atoms. The number of nitrogens with zero attached hydrogens (tertiary/aromatic N) is 2. The minimum atomic E-state index is -4.19. The summed E-state index contributed by atoms with van der Waals surface area (Å²) in [6.45, 7) is 6.01. The molecular formula is C31H40N4O10S. The zero-order valence-corrected chi connectivity index (χ0v) is 26.8.